The monoisotopic (exact) mass is 290 g/mol. The summed E-state index contributed by atoms with van der Waals surface area (Å²) in [5.41, 5.74) is 0.786. The minimum absolute atomic E-state index is 0.0364. The maximum absolute atomic E-state index is 12.0. The summed E-state index contributed by atoms with van der Waals surface area (Å²) in [5.74, 6) is 0.884. The highest BCUT2D eigenvalue weighted by Crippen LogP contribution is 2.25. The Hall–Kier alpha value is -2.08. The highest BCUT2D eigenvalue weighted by Gasteiger charge is 2.18. The molecule has 6 heteroatoms. The summed E-state index contributed by atoms with van der Waals surface area (Å²) in [6, 6.07) is 6.06. The zero-order chi connectivity index (χ0) is 14.5. The van der Waals surface area contributed by atoms with Gasteiger partial charge in [0.05, 0.1) is 9.95 Å². The van der Waals surface area contributed by atoms with Crippen LogP contribution in [0.15, 0.2) is 41.9 Å². The summed E-state index contributed by atoms with van der Waals surface area (Å²) in [6.45, 7) is 4.55. The van der Waals surface area contributed by atoms with Crippen molar-refractivity contribution in [2.24, 2.45) is 0 Å². The van der Waals surface area contributed by atoms with Crippen LogP contribution in [0.5, 0.6) is 0 Å². The normalized spacial score (nSPS) is 15.6. The summed E-state index contributed by atoms with van der Waals surface area (Å²) in [4.78, 5) is 23.7. The highest BCUT2D eigenvalue weighted by molar-refractivity contribution is 8.03. The first-order chi connectivity index (χ1) is 9.58. The van der Waals surface area contributed by atoms with Gasteiger partial charge in [-0.1, -0.05) is 6.58 Å². The Labute approximate surface area is 121 Å². The maximum atomic E-state index is 12.0. The van der Waals surface area contributed by atoms with Crippen molar-refractivity contribution in [1.82, 2.24) is 4.90 Å². The summed E-state index contributed by atoms with van der Waals surface area (Å²) < 4.78 is 0. The van der Waals surface area contributed by atoms with Gasteiger partial charge in [-0.2, -0.15) is 0 Å². The molecule has 0 radical (unpaired) electrons. The van der Waals surface area contributed by atoms with Crippen LogP contribution in [0.25, 0.3) is 6.08 Å². The third kappa shape index (κ3) is 3.48. The van der Waals surface area contributed by atoms with Crippen LogP contribution in [0.1, 0.15) is 12.0 Å². The second-order valence-electron chi connectivity index (χ2n) is 4.27. The largest absolute Gasteiger partial charge is 0.304 e. The van der Waals surface area contributed by atoms with Crippen LogP contribution in [0.3, 0.4) is 0 Å². The molecule has 5 nitrogen and oxygen atoms in total. The molecule has 20 heavy (non-hydrogen) atoms. The van der Waals surface area contributed by atoms with Gasteiger partial charge in [0.25, 0.3) is 11.6 Å². The lowest BCUT2D eigenvalue weighted by atomic mass is 10.2. The first kappa shape index (κ1) is 14.3. The van der Waals surface area contributed by atoms with E-state index in [1.807, 2.05) is 0 Å². The predicted molar refractivity (Wildman–Crippen MR) is 80.1 cm³/mol. The lowest BCUT2D eigenvalue weighted by Crippen LogP contribution is -2.31. The maximum Gasteiger partial charge on any atom is 0.269 e. The van der Waals surface area contributed by atoms with Crippen molar-refractivity contribution in [3.63, 3.8) is 0 Å². The molecular formula is C14H14N2O3S. The summed E-state index contributed by atoms with van der Waals surface area (Å²) >= 11 is 1.58. The van der Waals surface area contributed by atoms with E-state index < -0.39 is 4.92 Å². The Morgan fingerprint density at radius 2 is 2.10 bits per heavy atom. The fraction of sp³-hybridized carbons (Fsp3) is 0.214. The van der Waals surface area contributed by atoms with Gasteiger partial charge in [0.15, 0.2) is 0 Å². The summed E-state index contributed by atoms with van der Waals surface area (Å²) in [7, 11) is 0. The first-order valence-electron chi connectivity index (χ1n) is 6.13. The van der Waals surface area contributed by atoms with Gasteiger partial charge in [-0.15, -0.1) is 11.8 Å². The number of hydrogen-bond acceptors (Lipinski definition) is 4. The van der Waals surface area contributed by atoms with E-state index in [2.05, 4.69) is 6.58 Å². The smallest absolute Gasteiger partial charge is 0.269 e. The molecule has 1 saturated heterocycles. The van der Waals surface area contributed by atoms with Crippen LogP contribution in [-0.4, -0.2) is 28.0 Å². The number of nitrogens with zero attached hydrogens (tertiary/aromatic N) is 2. The number of carbonyl (C=O) groups excluding carboxylic acids is 1. The van der Waals surface area contributed by atoms with Crippen molar-refractivity contribution in [2.45, 2.75) is 6.42 Å². The molecule has 1 aromatic carbocycles. The second kappa shape index (κ2) is 6.38. The van der Waals surface area contributed by atoms with E-state index in [1.54, 1.807) is 34.9 Å². The molecule has 0 aliphatic carbocycles. The van der Waals surface area contributed by atoms with Gasteiger partial charge in [0, 0.05) is 30.5 Å². The lowest BCUT2D eigenvalue weighted by Gasteiger charge is -2.27. The third-order valence-electron chi connectivity index (χ3n) is 2.88. The lowest BCUT2D eigenvalue weighted by molar-refractivity contribution is -0.384. The molecule has 2 rings (SSSR count). The second-order valence-corrected chi connectivity index (χ2v) is 5.44. The fourth-order valence-electron chi connectivity index (χ4n) is 1.81. The molecule has 0 aromatic heterocycles. The first-order valence-corrected chi connectivity index (χ1v) is 7.12. The highest BCUT2D eigenvalue weighted by atomic mass is 32.2. The number of hydrogen-bond donors (Lipinski definition) is 0. The van der Waals surface area contributed by atoms with E-state index in [0.717, 1.165) is 22.8 Å². The van der Waals surface area contributed by atoms with Crippen molar-refractivity contribution in [2.75, 3.05) is 12.3 Å². The molecule has 1 amide bonds. The van der Waals surface area contributed by atoms with Crippen molar-refractivity contribution >= 4 is 29.4 Å². The van der Waals surface area contributed by atoms with Crippen molar-refractivity contribution < 1.29 is 9.72 Å². The third-order valence-corrected chi connectivity index (χ3v) is 3.93. The van der Waals surface area contributed by atoms with Gasteiger partial charge < -0.3 is 4.90 Å². The average Bonchev–Trinajstić information content (AvgIpc) is 2.45. The molecule has 1 fully saturated rings. The van der Waals surface area contributed by atoms with Crippen LogP contribution in [0, 0.1) is 10.1 Å². The Bertz CT molecular complexity index is 566. The van der Waals surface area contributed by atoms with Gasteiger partial charge in [-0.05, 0) is 30.2 Å². The van der Waals surface area contributed by atoms with Crippen molar-refractivity contribution in [1.29, 1.82) is 0 Å². The number of nitro groups is 1. The number of nitro benzene ring substituents is 1. The quantitative estimate of drug-likeness (QED) is 0.487. The molecule has 1 heterocycles. The Morgan fingerprint density at radius 3 is 2.70 bits per heavy atom. The standard InChI is InChI=1S/C14H14N2O3S/c1-11-15(9-2-10-20-11)14(17)8-5-12-3-6-13(7-4-12)16(18)19/h3-8H,1-2,9-10H2/b8-5+. The predicted octanol–water partition coefficient (Wildman–Crippen LogP) is 3.04. The number of benzene rings is 1. The van der Waals surface area contributed by atoms with Gasteiger partial charge in [0.2, 0.25) is 0 Å². The Balaban J connectivity index is 2.03. The molecular weight excluding hydrogens is 276 g/mol. The van der Waals surface area contributed by atoms with Crippen molar-refractivity contribution in [3.05, 3.63) is 57.6 Å². The molecule has 0 unspecified atom stereocenters. The zero-order valence-corrected chi connectivity index (χ0v) is 11.6. The molecule has 1 aromatic rings. The molecule has 0 bridgehead atoms. The minimum Gasteiger partial charge on any atom is -0.304 e. The minimum atomic E-state index is -0.451. The molecule has 104 valence electrons. The molecule has 0 spiro atoms. The van der Waals surface area contributed by atoms with E-state index in [4.69, 9.17) is 0 Å². The number of non-ortho nitro benzene ring substituents is 1. The topological polar surface area (TPSA) is 63.5 Å². The van der Waals surface area contributed by atoms with Crippen LogP contribution >= 0.6 is 11.8 Å². The van der Waals surface area contributed by atoms with E-state index >= 15 is 0 Å². The van der Waals surface area contributed by atoms with E-state index in [0.29, 0.717) is 6.54 Å². The molecule has 1 aliphatic heterocycles. The van der Waals surface area contributed by atoms with Gasteiger partial charge >= 0.3 is 0 Å². The van der Waals surface area contributed by atoms with Crippen LogP contribution in [-0.2, 0) is 4.79 Å². The Morgan fingerprint density at radius 1 is 1.40 bits per heavy atom. The number of rotatable bonds is 3. The fourth-order valence-corrected chi connectivity index (χ4v) is 2.66. The number of carbonyl (C=O) groups is 1. The molecule has 0 saturated carbocycles. The molecule has 0 N–H and O–H groups in total. The van der Waals surface area contributed by atoms with Gasteiger partial charge in [-0.25, -0.2) is 0 Å². The van der Waals surface area contributed by atoms with Gasteiger partial charge in [-0.3, -0.25) is 14.9 Å². The van der Waals surface area contributed by atoms with E-state index in [9.17, 15) is 14.9 Å². The molecule has 1 aliphatic rings. The average molecular weight is 290 g/mol. The van der Waals surface area contributed by atoms with Crippen LogP contribution < -0.4 is 0 Å². The van der Waals surface area contributed by atoms with Crippen LogP contribution in [0.4, 0.5) is 5.69 Å². The van der Waals surface area contributed by atoms with Crippen molar-refractivity contribution in [3.8, 4) is 0 Å². The number of thioether (sulfide) groups is 1. The summed E-state index contributed by atoms with van der Waals surface area (Å²) in [5, 5.41) is 11.3. The SMILES string of the molecule is C=C1SCCCN1C(=O)/C=C/c1ccc([N+](=O)[O-])cc1. The van der Waals surface area contributed by atoms with E-state index in [-0.39, 0.29) is 11.6 Å². The summed E-state index contributed by atoms with van der Waals surface area (Å²) in [6.07, 6.45) is 4.08. The van der Waals surface area contributed by atoms with Gasteiger partial charge in [0.1, 0.15) is 0 Å². The zero-order valence-electron chi connectivity index (χ0n) is 10.8. The molecule has 0 atom stereocenters. The Kier molecular flexibility index (Phi) is 4.57. The van der Waals surface area contributed by atoms with Crippen LogP contribution in [0.2, 0.25) is 0 Å². The number of amides is 1. The van der Waals surface area contributed by atoms with E-state index in [1.165, 1.54) is 18.2 Å².